The molecule has 1 heterocycles. The second-order valence-electron chi connectivity index (χ2n) is 7.91. The number of nitrogens with zero attached hydrogens (tertiary/aromatic N) is 1. The molecule has 0 bridgehead atoms. The largest absolute Gasteiger partial charge is 0.415 e. The summed E-state index contributed by atoms with van der Waals surface area (Å²) in [4.78, 5) is 4.13. The Kier molecular flexibility index (Phi) is 12.5. The van der Waals surface area contributed by atoms with E-state index in [4.69, 9.17) is 13.0 Å². The summed E-state index contributed by atoms with van der Waals surface area (Å²) in [5.74, 6) is 0. The third-order valence-electron chi connectivity index (χ3n) is 4.21. The lowest BCUT2D eigenvalue weighted by atomic mass is 10.1. The predicted molar refractivity (Wildman–Crippen MR) is 123 cm³/mol. The van der Waals surface area contributed by atoms with Crippen molar-refractivity contribution in [2.24, 2.45) is 0 Å². The molecule has 0 aliphatic rings. The van der Waals surface area contributed by atoms with Crippen LogP contribution < -0.4 is 0 Å². The number of unbranched alkanes of at least 4 members (excludes halogenated alkanes) is 5. The molecule has 0 aliphatic carbocycles. The smallest absolute Gasteiger partial charge is 0.323 e. The van der Waals surface area contributed by atoms with Crippen molar-refractivity contribution >= 4 is 17.1 Å². The van der Waals surface area contributed by atoms with Crippen molar-refractivity contribution in [2.45, 2.75) is 78.2 Å². The van der Waals surface area contributed by atoms with E-state index >= 15 is 0 Å². The van der Waals surface area contributed by atoms with Crippen molar-refractivity contribution in [3.05, 3.63) is 54.4 Å². The van der Waals surface area contributed by atoms with Crippen LogP contribution in [0.25, 0.3) is 0 Å². The molecule has 4 nitrogen and oxygen atoms in total. The maximum Gasteiger partial charge on any atom is 0.323 e. The van der Waals surface area contributed by atoms with Crippen LogP contribution in [0.3, 0.4) is 0 Å². The molecule has 0 fully saturated rings. The van der Waals surface area contributed by atoms with E-state index in [0.717, 1.165) is 18.6 Å². The molecule has 158 valence electrons. The second-order valence-corrected chi connectivity index (χ2v) is 14.9. The maximum absolute atomic E-state index is 6.34. The van der Waals surface area contributed by atoms with Crippen molar-refractivity contribution in [1.29, 1.82) is 0 Å². The first-order valence-corrected chi connectivity index (χ1v) is 16.1. The van der Waals surface area contributed by atoms with Gasteiger partial charge in [0.05, 0.1) is 6.61 Å². The molecule has 6 heteroatoms. The Bertz CT molecular complexity index is 574. The number of hydrogen-bond acceptors (Lipinski definition) is 4. The molecule has 1 aromatic rings. The van der Waals surface area contributed by atoms with Gasteiger partial charge in [0.2, 0.25) is 0 Å². The van der Waals surface area contributed by atoms with Gasteiger partial charge in [-0.25, -0.2) is 0 Å². The number of hydrogen-bond donors (Lipinski definition) is 0. The average molecular weight is 422 g/mol. The Morgan fingerprint density at radius 3 is 2.36 bits per heavy atom. The van der Waals surface area contributed by atoms with Gasteiger partial charge in [0.15, 0.2) is 0 Å². The average Bonchev–Trinajstić information content (AvgIpc) is 2.64. The second kappa shape index (κ2) is 14.0. The molecule has 0 aromatic carbocycles. The van der Waals surface area contributed by atoms with E-state index in [1.807, 2.05) is 25.3 Å². The summed E-state index contributed by atoms with van der Waals surface area (Å²) in [6, 6.07) is 3.95. The zero-order chi connectivity index (χ0) is 20.7. The van der Waals surface area contributed by atoms with Gasteiger partial charge in [-0.2, -0.15) is 0 Å². The fourth-order valence-electron chi connectivity index (χ4n) is 2.89. The minimum Gasteiger partial charge on any atom is -0.415 e. The zero-order valence-electron chi connectivity index (χ0n) is 18.4. The third kappa shape index (κ3) is 13.2. The summed E-state index contributed by atoms with van der Waals surface area (Å²) in [6.07, 6.45) is 19.5. The van der Waals surface area contributed by atoms with Crippen molar-refractivity contribution in [2.75, 3.05) is 6.61 Å². The molecular formula is C22H39NO3Si2. The van der Waals surface area contributed by atoms with E-state index in [1.54, 1.807) is 6.20 Å². The van der Waals surface area contributed by atoms with Gasteiger partial charge in [-0.1, -0.05) is 49.6 Å². The van der Waals surface area contributed by atoms with Crippen LogP contribution in [0.2, 0.25) is 26.2 Å². The molecule has 0 aliphatic heterocycles. The molecule has 1 rings (SSSR count). The molecular weight excluding hydrogens is 382 g/mol. The van der Waals surface area contributed by atoms with E-state index in [2.05, 4.69) is 55.5 Å². The highest BCUT2D eigenvalue weighted by molar-refractivity contribution is 6.78. The fraction of sp³-hybridized carbons (Fsp3) is 0.591. The lowest BCUT2D eigenvalue weighted by Gasteiger charge is -2.32. The first-order valence-electron chi connectivity index (χ1n) is 10.5. The summed E-state index contributed by atoms with van der Waals surface area (Å²) in [6.45, 7) is 11.8. The van der Waals surface area contributed by atoms with Crippen LogP contribution in [0.5, 0.6) is 0 Å². The Labute approximate surface area is 174 Å². The molecule has 28 heavy (non-hydrogen) atoms. The van der Waals surface area contributed by atoms with E-state index in [9.17, 15) is 0 Å². The molecule has 1 aromatic heterocycles. The summed E-state index contributed by atoms with van der Waals surface area (Å²) >= 11 is 0. The molecule has 0 saturated carbocycles. The summed E-state index contributed by atoms with van der Waals surface area (Å²) in [5.41, 5.74) is 1.07. The Hall–Kier alpha value is -1.06. The number of allylic oxidation sites excluding steroid dienone is 4. The highest BCUT2D eigenvalue weighted by Gasteiger charge is 2.36. The molecule has 0 unspecified atom stereocenters. The standard InChI is InChI=1S/C22H39NO3Si2/c1-6-7-8-9-10-11-12-13-14-15-19-24-27(2,3)26-28(4,5)25-21-22-17-16-18-23-20-22/h6-9,16-18,20H,10-15,19,21H2,1-5H3/b7-6+,9-8+. The highest BCUT2D eigenvalue weighted by Crippen LogP contribution is 2.19. The number of rotatable bonds is 15. The molecule has 0 spiro atoms. The van der Waals surface area contributed by atoms with E-state index in [0.29, 0.717) is 6.61 Å². The van der Waals surface area contributed by atoms with Crippen LogP contribution in [0.15, 0.2) is 48.8 Å². The first kappa shape index (κ1) is 25.0. The van der Waals surface area contributed by atoms with Crippen molar-refractivity contribution < 1.29 is 13.0 Å². The predicted octanol–water partition coefficient (Wildman–Crippen LogP) is 6.51. The van der Waals surface area contributed by atoms with Gasteiger partial charge in [0.25, 0.3) is 0 Å². The van der Waals surface area contributed by atoms with Gasteiger partial charge in [-0.15, -0.1) is 0 Å². The normalized spacial score (nSPS) is 13.0. The van der Waals surface area contributed by atoms with Crippen molar-refractivity contribution in [3.63, 3.8) is 0 Å². The van der Waals surface area contributed by atoms with Crippen LogP contribution in [0, 0.1) is 0 Å². The highest BCUT2D eigenvalue weighted by atomic mass is 28.5. The van der Waals surface area contributed by atoms with Crippen molar-refractivity contribution in [1.82, 2.24) is 4.98 Å². The van der Waals surface area contributed by atoms with Crippen LogP contribution in [-0.4, -0.2) is 28.7 Å². The molecule has 0 atom stereocenters. The van der Waals surface area contributed by atoms with E-state index < -0.39 is 17.1 Å². The summed E-state index contributed by atoms with van der Waals surface area (Å²) in [7, 11) is -4.39. The number of aromatic nitrogens is 1. The topological polar surface area (TPSA) is 40.6 Å². The molecule has 0 radical (unpaired) electrons. The molecule has 0 N–H and O–H groups in total. The van der Waals surface area contributed by atoms with E-state index in [1.165, 1.54) is 32.1 Å². The van der Waals surface area contributed by atoms with Gasteiger partial charge in [0.1, 0.15) is 0 Å². The van der Waals surface area contributed by atoms with Crippen LogP contribution in [0.4, 0.5) is 0 Å². The van der Waals surface area contributed by atoms with Crippen LogP contribution >= 0.6 is 0 Å². The van der Waals surface area contributed by atoms with Crippen LogP contribution in [-0.2, 0) is 19.6 Å². The first-order chi connectivity index (χ1) is 13.3. The minimum atomic E-state index is -2.22. The van der Waals surface area contributed by atoms with Gasteiger partial charge in [0, 0.05) is 19.0 Å². The maximum atomic E-state index is 6.34. The molecule has 0 amide bonds. The number of pyridine rings is 1. The lowest BCUT2D eigenvalue weighted by Crippen LogP contribution is -2.48. The monoisotopic (exact) mass is 421 g/mol. The van der Waals surface area contributed by atoms with Crippen LogP contribution in [0.1, 0.15) is 51.0 Å². The third-order valence-corrected chi connectivity index (χ3v) is 9.88. The van der Waals surface area contributed by atoms with Gasteiger partial charge < -0.3 is 13.0 Å². The minimum absolute atomic E-state index is 0.543. The summed E-state index contributed by atoms with van der Waals surface area (Å²) in [5, 5.41) is 0. The Morgan fingerprint density at radius 2 is 1.64 bits per heavy atom. The molecule has 0 saturated heterocycles. The Morgan fingerprint density at radius 1 is 0.929 bits per heavy atom. The van der Waals surface area contributed by atoms with Gasteiger partial charge in [-0.3, -0.25) is 4.98 Å². The summed E-state index contributed by atoms with van der Waals surface area (Å²) < 4.78 is 18.5. The van der Waals surface area contributed by atoms with Crippen molar-refractivity contribution in [3.8, 4) is 0 Å². The lowest BCUT2D eigenvalue weighted by molar-refractivity contribution is 0.187. The van der Waals surface area contributed by atoms with Gasteiger partial charge >= 0.3 is 17.1 Å². The quantitative estimate of drug-likeness (QED) is 0.184. The van der Waals surface area contributed by atoms with Gasteiger partial charge in [-0.05, 0) is 64.0 Å². The fourth-order valence-corrected chi connectivity index (χ4v) is 9.25. The Balaban J connectivity index is 2.14. The van der Waals surface area contributed by atoms with E-state index in [-0.39, 0.29) is 0 Å². The SMILES string of the molecule is C/C=C/C=C/CCCCCCCO[Si](C)(C)O[Si](C)(C)OCc1cccnc1. The zero-order valence-corrected chi connectivity index (χ0v) is 20.4.